The van der Waals surface area contributed by atoms with Crippen LogP contribution >= 0.6 is 0 Å². The molecule has 0 saturated carbocycles. The van der Waals surface area contributed by atoms with Crippen LogP contribution in [0.15, 0.2) is 12.1 Å². The number of amides is 2. The summed E-state index contributed by atoms with van der Waals surface area (Å²) in [5.74, 6) is -1.05. The van der Waals surface area contributed by atoms with E-state index in [-0.39, 0.29) is 17.5 Å². The van der Waals surface area contributed by atoms with Crippen molar-refractivity contribution in [1.82, 2.24) is 0 Å². The molecule has 0 fully saturated rings. The molecule has 0 aromatic heterocycles. The van der Waals surface area contributed by atoms with E-state index in [0.29, 0.717) is 18.5 Å². The molecule has 1 aromatic carbocycles. The number of hydrogen-bond donors (Lipinski definition) is 3. The molecule has 2 atom stereocenters. The molecule has 21 heavy (non-hydrogen) atoms. The van der Waals surface area contributed by atoms with Crippen LogP contribution in [0.25, 0.3) is 0 Å². The van der Waals surface area contributed by atoms with Gasteiger partial charge in [-0.2, -0.15) is 0 Å². The smallest absolute Gasteiger partial charge is 0.241 e. The summed E-state index contributed by atoms with van der Waals surface area (Å²) in [5, 5.41) is 5.18. The number of nitrogens with one attached hydrogen (secondary N) is 2. The molecule has 114 valence electrons. The summed E-state index contributed by atoms with van der Waals surface area (Å²) in [5.41, 5.74) is 7.14. The molecule has 1 aliphatic heterocycles. The Labute approximate surface area is 123 Å². The molecule has 0 radical (unpaired) electrons. The minimum Gasteiger partial charge on any atom is -0.326 e. The number of aryl methyl sites for hydroxylation is 1. The first-order valence-corrected chi connectivity index (χ1v) is 7.11. The van der Waals surface area contributed by atoms with Crippen molar-refractivity contribution in [3.05, 3.63) is 23.5 Å². The number of rotatable bonds is 4. The lowest BCUT2D eigenvalue weighted by Crippen LogP contribution is -2.40. The van der Waals surface area contributed by atoms with Crippen LogP contribution in [0.4, 0.5) is 15.8 Å². The van der Waals surface area contributed by atoms with Crippen molar-refractivity contribution in [1.29, 1.82) is 0 Å². The summed E-state index contributed by atoms with van der Waals surface area (Å²) >= 11 is 0. The van der Waals surface area contributed by atoms with Crippen molar-refractivity contribution in [2.24, 2.45) is 11.7 Å². The first kappa shape index (κ1) is 15.4. The molecule has 0 spiro atoms. The maximum atomic E-state index is 14.0. The SMILES string of the molecule is CC[C@H](C)[C@H](N)C(=O)Nc1cc2c(cc1F)CCC(=O)N2. The highest BCUT2D eigenvalue weighted by Crippen LogP contribution is 2.28. The summed E-state index contributed by atoms with van der Waals surface area (Å²) in [6.45, 7) is 3.81. The van der Waals surface area contributed by atoms with Gasteiger partial charge in [0.1, 0.15) is 5.82 Å². The topological polar surface area (TPSA) is 84.2 Å². The zero-order valence-electron chi connectivity index (χ0n) is 12.2. The lowest BCUT2D eigenvalue weighted by Gasteiger charge is -2.21. The highest BCUT2D eigenvalue weighted by Gasteiger charge is 2.22. The molecule has 0 saturated heterocycles. The van der Waals surface area contributed by atoms with E-state index in [2.05, 4.69) is 10.6 Å². The minimum absolute atomic E-state index is 0.00499. The van der Waals surface area contributed by atoms with Crippen LogP contribution in [0.3, 0.4) is 0 Å². The Bertz CT molecular complexity index is 574. The molecule has 4 N–H and O–H groups in total. The second kappa shape index (κ2) is 6.22. The van der Waals surface area contributed by atoms with Crippen molar-refractivity contribution >= 4 is 23.2 Å². The maximum absolute atomic E-state index is 14.0. The Morgan fingerprint density at radius 3 is 2.86 bits per heavy atom. The van der Waals surface area contributed by atoms with Crippen LogP contribution in [0, 0.1) is 11.7 Å². The van der Waals surface area contributed by atoms with Crippen LogP contribution in [-0.2, 0) is 16.0 Å². The summed E-state index contributed by atoms with van der Waals surface area (Å²) in [6, 6.07) is 2.10. The van der Waals surface area contributed by atoms with Crippen LogP contribution in [0.5, 0.6) is 0 Å². The summed E-state index contributed by atoms with van der Waals surface area (Å²) < 4.78 is 14.0. The summed E-state index contributed by atoms with van der Waals surface area (Å²) in [4.78, 5) is 23.4. The second-order valence-electron chi connectivity index (χ2n) is 5.44. The molecule has 0 unspecified atom stereocenters. The largest absolute Gasteiger partial charge is 0.326 e. The predicted octanol–water partition coefficient (Wildman–Crippen LogP) is 2.02. The monoisotopic (exact) mass is 293 g/mol. The number of carbonyl (C=O) groups is 2. The van der Waals surface area contributed by atoms with Crippen molar-refractivity contribution in [2.75, 3.05) is 10.6 Å². The van der Waals surface area contributed by atoms with Gasteiger partial charge in [-0.05, 0) is 30.0 Å². The quantitative estimate of drug-likeness (QED) is 0.794. The van der Waals surface area contributed by atoms with Gasteiger partial charge in [-0.3, -0.25) is 9.59 Å². The number of hydrogen-bond acceptors (Lipinski definition) is 3. The number of nitrogens with two attached hydrogens (primary N) is 1. The fraction of sp³-hybridized carbons (Fsp3) is 0.467. The number of fused-ring (bicyclic) bond motifs is 1. The molecule has 0 aliphatic carbocycles. The first-order valence-electron chi connectivity index (χ1n) is 7.11. The van der Waals surface area contributed by atoms with Crippen LogP contribution in [0.1, 0.15) is 32.3 Å². The van der Waals surface area contributed by atoms with E-state index in [1.165, 1.54) is 12.1 Å². The van der Waals surface area contributed by atoms with Gasteiger partial charge in [0.2, 0.25) is 11.8 Å². The second-order valence-corrected chi connectivity index (χ2v) is 5.44. The van der Waals surface area contributed by atoms with Crippen molar-refractivity contribution in [2.45, 2.75) is 39.2 Å². The highest BCUT2D eigenvalue weighted by atomic mass is 19.1. The molecule has 5 nitrogen and oxygen atoms in total. The first-order chi connectivity index (χ1) is 9.92. The third-order valence-electron chi connectivity index (χ3n) is 3.91. The van der Waals surface area contributed by atoms with Crippen molar-refractivity contribution < 1.29 is 14.0 Å². The average molecular weight is 293 g/mol. The Morgan fingerprint density at radius 1 is 1.48 bits per heavy atom. The molecule has 1 heterocycles. The highest BCUT2D eigenvalue weighted by molar-refractivity contribution is 5.98. The normalized spacial score (nSPS) is 16.7. The minimum atomic E-state index is -0.694. The van der Waals surface area contributed by atoms with Gasteiger partial charge in [-0.25, -0.2) is 4.39 Å². The molecule has 0 bridgehead atoms. The van der Waals surface area contributed by atoms with E-state index < -0.39 is 17.8 Å². The van der Waals surface area contributed by atoms with Gasteiger partial charge in [-0.1, -0.05) is 20.3 Å². The number of anilines is 2. The fourth-order valence-corrected chi connectivity index (χ4v) is 2.22. The third kappa shape index (κ3) is 3.39. The van der Waals surface area contributed by atoms with E-state index in [0.717, 1.165) is 12.0 Å². The molecule has 2 amide bonds. The molecular weight excluding hydrogens is 273 g/mol. The number of carbonyl (C=O) groups excluding carboxylic acids is 2. The zero-order valence-corrected chi connectivity index (χ0v) is 12.2. The third-order valence-corrected chi connectivity index (χ3v) is 3.91. The Kier molecular flexibility index (Phi) is 4.57. The average Bonchev–Trinajstić information content (AvgIpc) is 2.46. The van der Waals surface area contributed by atoms with Crippen LogP contribution in [0.2, 0.25) is 0 Å². The zero-order chi connectivity index (χ0) is 15.6. The Morgan fingerprint density at radius 2 is 2.19 bits per heavy atom. The lowest BCUT2D eigenvalue weighted by molar-refractivity contribution is -0.118. The standard InChI is InChI=1S/C15H20FN3O2/c1-3-8(2)14(17)15(21)19-12-7-11-9(6-10(12)16)4-5-13(20)18-11/h6-8,14H,3-5,17H2,1-2H3,(H,18,20)(H,19,21)/t8-,14-/m0/s1. The Hall–Kier alpha value is -1.95. The van der Waals surface area contributed by atoms with Crippen LogP contribution < -0.4 is 16.4 Å². The molecule has 2 rings (SSSR count). The van der Waals surface area contributed by atoms with E-state index >= 15 is 0 Å². The van der Waals surface area contributed by atoms with Crippen LogP contribution in [-0.4, -0.2) is 17.9 Å². The molecule has 1 aliphatic rings. The Balaban J connectivity index is 2.19. The van der Waals surface area contributed by atoms with E-state index in [1.54, 1.807) is 0 Å². The van der Waals surface area contributed by atoms with Gasteiger partial charge < -0.3 is 16.4 Å². The van der Waals surface area contributed by atoms with E-state index in [1.807, 2.05) is 13.8 Å². The predicted molar refractivity (Wildman–Crippen MR) is 79.4 cm³/mol. The van der Waals surface area contributed by atoms with E-state index in [9.17, 15) is 14.0 Å². The van der Waals surface area contributed by atoms with Crippen molar-refractivity contribution in [3.63, 3.8) is 0 Å². The molecule has 1 aromatic rings. The van der Waals surface area contributed by atoms with Crippen molar-refractivity contribution in [3.8, 4) is 0 Å². The molecule has 6 heteroatoms. The maximum Gasteiger partial charge on any atom is 0.241 e. The lowest BCUT2D eigenvalue weighted by atomic mass is 9.99. The molecular formula is C15H20FN3O2. The summed E-state index contributed by atoms with van der Waals surface area (Å²) in [7, 11) is 0. The van der Waals surface area contributed by atoms with Gasteiger partial charge >= 0.3 is 0 Å². The number of halogens is 1. The van der Waals surface area contributed by atoms with E-state index in [4.69, 9.17) is 5.73 Å². The van der Waals surface area contributed by atoms with Gasteiger partial charge in [0.05, 0.1) is 11.7 Å². The van der Waals surface area contributed by atoms with Gasteiger partial charge in [0.15, 0.2) is 0 Å². The summed E-state index contributed by atoms with van der Waals surface area (Å²) in [6.07, 6.45) is 1.60. The fourth-order valence-electron chi connectivity index (χ4n) is 2.22. The number of benzene rings is 1. The van der Waals surface area contributed by atoms with Gasteiger partial charge in [-0.15, -0.1) is 0 Å². The van der Waals surface area contributed by atoms with Gasteiger partial charge in [0, 0.05) is 12.1 Å². The van der Waals surface area contributed by atoms with Gasteiger partial charge in [0.25, 0.3) is 0 Å².